The van der Waals surface area contributed by atoms with E-state index in [1.165, 1.54) is 38.4 Å². The van der Waals surface area contributed by atoms with Crippen molar-refractivity contribution in [2.75, 3.05) is 20.4 Å². The van der Waals surface area contributed by atoms with Gasteiger partial charge in [-0.15, -0.1) is 0 Å². The first-order chi connectivity index (χ1) is 14.1. The maximum Gasteiger partial charge on any atom is 0.255 e. The summed E-state index contributed by atoms with van der Waals surface area (Å²) in [7, 11) is -0.466. The molecule has 1 unspecified atom stereocenters. The summed E-state index contributed by atoms with van der Waals surface area (Å²) in [5.74, 6) is -0.162. The summed E-state index contributed by atoms with van der Waals surface area (Å²) < 4.78 is 44.3. The van der Waals surface area contributed by atoms with Crippen molar-refractivity contribution in [2.24, 2.45) is 4.99 Å². The van der Waals surface area contributed by atoms with E-state index in [2.05, 4.69) is 10.3 Å². The summed E-state index contributed by atoms with van der Waals surface area (Å²) in [5.41, 5.74) is 1.68. The summed E-state index contributed by atoms with van der Waals surface area (Å²) in [6.07, 6.45) is 3.96. The molecule has 0 aliphatic carbocycles. The Labute approximate surface area is 177 Å². The highest BCUT2D eigenvalue weighted by Crippen LogP contribution is 2.33. The van der Waals surface area contributed by atoms with Crippen molar-refractivity contribution in [3.63, 3.8) is 0 Å². The Morgan fingerprint density at radius 2 is 1.97 bits per heavy atom. The zero-order valence-electron chi connectivity index (χ0n) is 17.9. The van der Waals surface area contributed by atoms with Gasteiger partial charge in [0.25, 0.3) is 5.91 Å². The van der Waals surface area contributed by atoms with E-state index in [0.29, 0.717) is 36.3 Å². The van der Waals surface area contributed by atoms with Crippen LogP contribution in [-0.2, 0) is 19.6 Å². The summed E-state index contributed by atoms with van der Waals surface area (Å²) >= 11 is 0. The largest absolute Gasteiger partial charge is 0.442 e. The number of carbonyl (C=O) groups excluding carboxylic acids is 1. The second kappa shape index (κ2) is 9.99. The van der Waals surface area contributed by atoms with Crippen molar-refractivity contribution in [1.82, 2.24) is 9.62 Å². The lowest BCUT2D eigenvalue weighted by atomic mass is 9.96. The number of sulfonamides is 1. The Hall–Kier alpha value is -2.52. The molecule has 0 aromatic heterocycles. The number of nitrogens with one attached hydrogen (secondary N) is 1. The van der Waals surface area contributed by atoms with Crippen LogP contribution in [0.3, 0.4) is 0 Å². The van der Waals surface area contributed by atoms with Crippen LogP contribution in [0.2, 0.25) is 0 Å². The molecule has 1 aliphatic heterocycles. The minimum absolute atomic E-state index is 0.263. The van der Waals surface area contributed by atoms with Gasteiger partial charge in [0, 0.05) is 26.1 Å². The minimum Gasteiger partial charge on any atom is -0.442 e. The Kier molecular flexibility index (Phi) is 7.91. The zero-order valence-corrected chi connectivity index (χ0v) is 18.7. The number of rotatable bonds is 6. The lowest BCUT2D eigenvalue weighted by Gasteiger charge is -2.20. The Morgan fingerprint density at radius 1 is 1.33 bits per heavy atom. The summed E-state index contributed by atoms with van der Waals surface area (Å²) in [5, 5.41) is 2.64. The van der Waals surface area contributed by atoms with Crippen LogP contribution in [0.15, 0.2) is 46.5 Å². The van der Waals surface area contributed by atoms with E-state index in [1.54, 1.807) is 6.92 Å². The first-order valence-corrected chi connectivity index (χ1v) is 11.5. The molecule has 0 saturated carbocycles. The van der Waals surface area contributed by atoms with E-state index in [1.807, 2.05) is 13.0 Å². The van der Waals surface area contributed by atoms with E-state index >= 15 is 0 Å². The van der Waals surface area contributed by atoms with E-state index in [-0.39, 0.29) is 11.7 Å². The van der Waals surface area contributed by atoms with Crippen molar-refractivity contribution in [3.05, 3.63) is 52.9 Å². The molecule has 0 spiro atoms. The highest BCUT2D eigenvalue weighted by atomic mass is 32.2. The van der Waals surface area contributed by atoms with Crippen LogP contribution in [0.4, 0.5) is 4.39 Å². The maximum atomic E-state index is 13.5. The standard InChI is InChI=1S/C21H28FN3O4S/c1-6-7-15-10-13-18(24-14(2)25(4)30(5,27)28)29-20(19(15)21(26)23-3)16-8-11-17(22)12-9-16/h7-9,11-12,14H,6,10,13H2,1-5H3,(H,23,26)/b15-7+,24-18+. The summed E-state index contributed by atoms with van der Waals surface area (Å²) in [6.45, 7) is 3.61. The number of benzene rings is 1. The number of hydrogen-bond donors (Lipinski definition) is 1. The van der Waals surface area contributed by atoms with Gasteiger partial charge in [0.1, 0.15) is 17.7 Å². The Morgan fingerprint density at radius 3 is 2.50 bits per heavy atom. The first-order valence-electron chi connectivity index (χ1n) is 9.67. The number of halogens is 1. The first kappa shape index (κ1) is 23.8. The fourth-order valence-corrected chi connectivity index (χ4v) is 3.62. The number of nitrogens with zero attached hydrogens (tertiary/aromatic N) is 2. The SMILES string of the molecule is CC/C=C1\CC/C(=N\C(C)N(C)S(C)(=O)=O)OC(c2ccc(F)cc2)=C1C(=O)NC. The number of amides is 1. The van der Waals surface area contributed by atoms with Crippen molar-refractivity contribution in [1.29, 1.82) is 0 Å². The van der Waals surface area contributed by atoms with Crippen molar-refractivity contribution in [2.45, 2.75) is 39.3 Å². The average molecular weight is 438 g/mol. The van der Waals surface area contributed by atoms with Gasteiger partial charge in [-0.3, -0.25) is 4.79 Å². The molecule has 1 aromatic carbocycles. The topological polar surface area (TPSA) is 88.1 Å². The van der Waals surface area contributed by atoms with Crippen LogP contribution in [0, 0.1) is 5.82 Å². The van der Waals surface area contributed by atoms with Crippen LogP contribution in [0.25, 0.3) is 5.76 Å². The third kappa shape index (κ3) is 5.76. The van der Waals surface area contributed by atoms with Crippen molar-refractivity contribution in [3.8, 4) is 0 Å². The molecule has 7 nitrogen and oxygen atoms in total. The second-order valence-corrected chi connectivity index (χ2v) is 9.01. The van der Waals surface area contributed by atoms with Gasteiger partial charge in [0.2, 0.25) is 10.0 Å². The van der Waals surface area contributed by atoms with Gasteiger partial charge in [-0.05, 0) is 49.6 Å². The third-order valence-electron chi connectivity index (χ3n) is 4.77. The van der Waals surface area contributed by atoms with E-state index in [4.69, 9.17) is 4.74 Å². The average Bonchev–Trinajstić information content (AvgIpc) is 2.86. The fourth-order valence-electron chi connectivity index (χ4n) is 3.02. The molecule has 1 amide bonds. The second-order valence-electron chi connectivity index (χ2n) is 6.96. The molecule has 0 radical (unpaired) electrons. The van der Waals surface area contributed by atoms with Crippen LogP contribution >= 0.6 is 0 Å². The molecule has 1 aromatic rings. The molecular formula is C21H28FN3O4S. The predicted molar refractivity (Wildman–Crippen MR) is 116 cm³/mol. The van der Waals surface area contributed by atoms with Crippen molar-refractivity contribution < 1.29 is 22.3 Å². The quantitative estimate of drug-likeness (QED) is 0.741. The molecule has 0 bridgehead atoms. The van der Waals surface area contributed by atoms with Gasteiger partial charge in [0.05, 0.1) is 11.8 Å². The molecule has 1 aliphatic rings. The molecule has 164 valence electrons. The summed E-state index contributed by atoms with van der Waals surface area (Å²) in [4.78, 5) is 17.2. The van der Waals surface area contributed by atoms with Gasteiger partial charge in [-0.1, -0.05) is 13.0 Å². The number of hydrogen-bond acceptors (Lipinski definition) is 5. The van der Waals surface area contributed by atoms with Gasteiger partial charge < -0.3 is 10.1 Å². The molecule has 9 heteroatoms. The molecule has 1 atom stereocenters. The highest BCUT2D eigenvalue weighted by Gasteiger charge is 2.27. The van der Waals surface area contributed by atoms with Crippen LogP contribution in [0.5, 0.6) is 0 Å². The zero-order chi connectivity index (χ0) is 22.5. The van der Waals surface area contributed by atoms with Gasteiger partial charge >= 0.3 is 0 Å². The maximum absolute atomic E-state index is 13.5. The van der Waals surface area contributed by atoms with E-state index in [9.17, 15) is 17.6 Å². The normalized spacial score (nSPS) is 19.0. The summed E-state index contributed by atoms with van der Waals surface area (Å²) in [6, 6.07) is 5.65. The Bertz CT molecular complexity index is 982. The third-order valence-corrected chi connectivity index (χ3v) is 6.12. The van der Waals surface area contributed by atoms with Crippen LogP contribution < -0.4 is 5.32 Å². The lowest BCUT2D eigenvalue weighted by molar-refractivity contribution is -0.116. The molecule has 1 N–H and O–H groups in total. The van der Waals surface area contributed by atoms with Gasteiger partial charge in [-0.25, -0.2) is 17.8 Å². The number of allylic oxidation sites excluding steroid dienone is 1. The van der Waals surface area contributed by atoms with Gasteiger partial charge in [0.15, 0.2) is 5.90 Å². The van der Waals surface area contributed by atoms with E-state index in [0.717, 1.165) is 16.1 Å². The van der Waals surface area contributed by atoms with Crippen molar-refractivity contribution >= 4 is 27.6 Å². The predicted octanol–water partition coefficient (Wildman–Crippen LogP) is 3.07. The molecule has 2 rings (SSSR count). The number of ether oxygens (including phenoxy) is 1. The van der Waals surface area contributed by atoms with Crippen LogP contribution in [-0.4, -0.2) is 51.0 Å². The monoisotopic (exact) mass is 437 g/mol. The molecular weight excluding hydrogens is 409 g/mol. The molecule has 0 saturated heterocycles. The smallest absolute Gasteiger partial charge is 0.255 e. The number of aliphatic imine (C=N–C) groups is 1. The lowest BCUT2D eigenvalue weighted by Crippen LogP contribution is -2.33. The van der Waals surface area contributed by atoms with Gasteiger partial charge in [-0.2, -0.15) is 4.31 Å². The minimum atomic E-state index is -3.44. The molecule has 0 fully saturated rings. The fraction of sp³-hybridized carbons (Fsp3) is 0.429. The number of likely N-dealkylation sites (N-methyl/N-ethyl adjacent to an activating group) is 1. The molecule has 30 heavy (non-hydrogen) atoms. The highest BCUT2D eigenvalue weighted by molar-refractivity contribution is 7.88. The van der Waals surface area contributed by atoms with E-state index < -0.39 is 22.0 Å². The number of carbonyl (C=O) groups is 1. The Balaban J connectivity index is 2.62. The molecule has 1 heterocycles. The van der Waals surface area contributed by atoms with Crippen LogP contribution in [0.1, 0.15) is 38.7 Å².